The summed E-state index contributed by atoms with van der Waals surface area (Å²) in [7, 11) is -9.99. The van der Waals surface area contributed by atoms with Crippen LogP contribution in [0.2, 0.25) is 0 Å². The number of phosphoric acid groups is 2. The van der Waals surface area contributed by atoms with Crippen molar-refractivity contribution in [2.45, 2.75) is 290 Å². The molecule has 0 aliphatic heterocycles. The maximum absolute atomic E-state index is 13.1. The molecule has 100 heavy (non-hydrogen) atoms. The lowest BCUT2D eigenvalue weighted by molar-refractivity contribution is -0.161. The van der Waals surface area contributed by atoms with Crippen LogP contribution in [0.15, 0.2) is 158 Å². The third-order valence-electron chi connectivity index (χ3n) is 15.0. The summed E-state index contributed by atoms with van der Waals surface area (Å²) in [5, 5.41) is 10.6. The van der Waals surface area contributed by atoms with Crippen molar-refractivity contribution in [2.24, 2.45) is 0 Å². The van der Waals surface area contributed by atoms with E-state index in [1.807, 2.05) is 0 Å². The molecule has 0 saturated heterocycles. The Kier molecular flexibility index (Phi) is 68.2. The van der Waals surface area contributed by atoms with E-state index in [1.165, 1.54) is 0 Å². The van der Waals surface area contributed by atoms with Gasteiger partial charge in [0.1, 0.15) is 19.3 Å². The Labute approximate surface area is 604 Å². The maximum atomic E-state index is 13.1. The minimum Gasteiger partial charge on any atom is -0.462 e. The predicted molar refractivity (Wildman–Crippen MR) is 408 cm³/mol. The molecule has 0 heterocycles. The van der Waals surface area contributed by atoms with E-state index in [4.69, 9.17) is 37.0 Å². The van der Waals surface area contributed by atoms with Crippen LogP contribution in [0.3, 0.4) is 0 Å². The minimum atomic E-state index is -5.00. The van der Waals surface area contributed by atoms with Crippen molar-refractivity contribution in [1.29, 1.82) is 0 Å². The molecule has 5 unspecified atom stereocenters. The Balaban J connectivity index is 5.45. The molecule has 0 aliphatic carbocycles. The molecule has 0 aromatic carbocycles. The van der Waals surface area contributed by atoms with E-state index in [0.717, 1.165) is 193 Å². The number of ether oxygens (including phenoxy) is 4. The van der Waals surface area contributed by atoms with Crippen LogP contribution in [-0.2, 0) is 65.4 Å². The first-order valence-corrected chi connectivity index (χ1v) is 40.7. The van der Waals surface area contributed by atoms with Crippen molar-refractivity contribution in [2.75, 3.05) is 39.6 Å². The molecule has 0 aromatic rings. The Morgan fingerprint density at radius 1 is 0.280 bits per heavy atom. The van der Waals surface area contributed by atoms with Gasteiger partial charge in [-0.1, -0.05) is 243 Å². The lowest BCUT2D eigenvalue weighted by Crippen LogP contribution is -2.30. The smallest absolute Gasteiger partial charge is 0.462 e. The summed E-state index contributed by atoms with van der Waals surface area (Å²) in [4.78, 5) is 72.9. The molecule has 568 valence electrons. The zero-order valence-corrected chi connectivity index (χ0v) is 63.6. The molecule has 0 rings (SSSR count). The first-order valence-electron chi connectivity index (χ1n) is 37.7. The normalized spacial score (nSPS) is 14.8. The highest BCUT2D eigenvalue weighted by atomic mass is 31.2. The third kappa shape index (κ3) is 71.1. The summed E-state index contributed by atoms with van der Waals surface area (Å²) in [6.45, 7) is 4.29. The molecule has 19 heteroatoms. The molecule has 0 aromatic heterocycles. The van der Waals surface area contributed by atoms with Gasteiger partial charge >= 0.3 is 39.5 Å². The van der Waals surface area contributed by atoms with Gasteiger partial charge in [0.15, 0.2) is 12.2 Å². The number of esters is 4. The number of phosphoric ester groups is 2. The van der Waals surface area contributed by atoms with Crippen molar-refractivity contribution >= 4 is 39.5 Å². The van der Waals surface area contributed by atoms with Gasteiger partial charge in [0.2, 0.25) is 0 Å². The van der Waals surface area contributed by atoms with Gasteiger partial charge in [-0.15, -0.1) is 0 Å². The zero-order valence-electron chi connectivity index (χ0n) is 61.8. The molecule has 0 spiro atoms. The highest BCUT2D eigenvalue weighted by molar-refractivity contribution is 7.47. The highest BCUT2D eigenvalue weighted by Crippen LogP contribution is 2.45. The van der Waals surface area contributed by atoms with Gasteiger partial charge in [-0.05, 0) is 161 Å². The Morgan fingerprint density at radius 3 is 0.770 bits per heavy atom. The van der Waals surface area contributed by atoms with Crippen molar-refractivity contribution in [3.05, 3.63) is 158 Å². The van der Waals surface area contributed by atoms with Gasteiger partial charge in [-0.2, -0.15) is 0 Å². The van der Waals surface area contributed by atoms with E-state index in [0.29, 0.717) is 25.7 Å². The van der Waals surface area contributed by atoms with Crippen LogP contribution in [0.1, 0.15) is 272 Å². The van der Waals surface area contributed by atoms with Gasteiger partial charge in [-0.3, -0.25) is 37.3 Å². The standard InChI is InChI=1S/C81H132O17P2/c1-5-9-13-17-21-25-29-33-37-41-45-49-53-57-61-65-78(83)91-71-76(97-80(85)67-63-59-55-51-47-43-39-35-31-27-23-19-15-11-7-3)73-95-99(87,88)93-69-75(82)70-94-100(89,90)96-74-77(98-81(86)68-64-60-56-52-48-44-40-36-32-28-24-20-16-12-8-4)72-92-79(84)66-62-58-54-50-46-42-38-34-30-26-22-18-14-10-6-2/h9-16,21-28,33-40,45,49,75-77,82H,5-8,17-20,29-32,41-44,46-48,50-74H2,1-4H3,(H,87,88)(H,89,90)/b13-9-,14-10-,15-11-,16-12-,25-21-,26-22-,27-23-,28-24-,37-33-,38-34-,39-35-,40-36-,49-45-. The summed E-state index contributed by atoms with van der Waals surface area (Å²) in [6.07, 6.45) is 82.4. The SMILES string of the molecule is CC/C=C\C/C=C\C/C=C\C/C=C\CCCCC(=O)OCC(COP(=O)(O)OCC(O)COP(=O)(O)OCC(COC(=O)CCCCCCC/C=C\C/C=C\C/C=C\CC)OC(=O)CCCCCCC/C=C\C/C=C\C/C=C\CC)OC(=O)CCCCCCC/C=C\C/C=C\C/C=C\CC. The summed E-state index contributed by atoms with van der Waals surface area (Å²) in [5.41, 5.74) is 0. The lowest BCUT2D eigenvalue weighted by Gasteiger charge is -2.21. The summed E-state index contributed by atoms with van der Waals surface area (Å²) in [6, 6.07) is 0. The second kappa shape index (κ2) is 72.0. The monoisotopic (exact) mass is 1440 g/mol. The van der Waals surface area contributed by atoms with E-state index < -0.39 is 97.5 Å². The topological polar surface area (TPSA) is 237 Å². The molecular formula is C81H132O17P2. The maximum Gasteiger partial charge on any atom is 0.472 e. The Morgan fingerprint density at radius 2 is 0.490 bits per heavy atom. The van der Waals surface area contributed by atoms with E-state index in [2.05, 4.69) is 186 Å². The molecule has 0 fully saturated rings. The van der Waals surface area contributed by atoms with Crippen LogP contribution in [0.25, 0.3) is 0 Å². The average molecular weight is 1440 g/mol. The fourth-order valence-corrected chi connectivity index (χ4v) is 10.9. The fourth-order valence-electron chi connectivity index (χ4n) is 9.37. The Hall–Kier alpha value is -5.32. The molecule has 0 amide bonds. The molecule has 17 nitrogen and oxygen atoms in total. The highest BCUT2D eigenvalue weighted by Gasteiger charge is 2.30. The van der Waals surface area contributed by atoms with Crippen LogP contribution < -0.4 is 0 Å². The summed E-state index contributed by atoms with van der Waals surface area (Å²) in [5.74, 6) is -2.29. The number of carbonyl (C=O) groups is 4. The van der Waals surface area contributed by atoms with Crippen LogP contribution >= 0.6 is 15.6 Å². The third-order valence-corrected chi connectivity index (χ3v) is 16.9. The van der Waals surface area contributed by atoms with Gasteiger partial charge in [0.05, 0.1) is 26.4 Å². The molecule has 0 saturated carbocycles. The fraction of sp³-hybridized carbons (Fsp3) is 0.630. The number of hydrogen-bond donors (Lipinski definition) is 3. The van der Waals surface area contributed by atoms with Gasteiger partial charge in [0.25, 0.3) is 0 Å². The second-order valence-corrected chi connectivity index (χ2v) is 27.3. The van der Waals surface area contributed by atoms with Crippen LogP contribution in [-0.4, -0.2) is 96.7 Å². The van der Waals surface area contributed by atoms with Crippen molar-refractivity contribution < 1.29 is 80.2 Å². The number of carbonyl (C=O) groups excluding carboxylic acids is 4. The van der Waals surface area contributed by atoms with Gasteiger partial charge in [-0.25, -0.2) is 9.13 Å². The van der Waals surface area contributed by atoms with Gasteiger partial charge in [0, 0.05) is 25.7 Å². The number of hydrogen-bond acceptors (Lipinski definition) is 15. The van der Waals surface area contributed by atoms with E-state index in [9.17, 15) is 43.2 Å². The molecule has 0 radical (unpaired) electrons. The first kappa shape index (κ1) is 94.7. The number of aliphatic hydroxyl groups is 1. The van der Waals surface area contributed by atoms with E-state index >= 15 is 0 Å². The lowest BCUT2D eigenvalue weighted by atomic mass is 10.1. The van der Waals surface area contributed by atoms with Crippen LogP contribution in [0.5, 0.6) is 0 Å². The molecular weight excluding hydrogens is 1310 g/mol. The van der Waals surface area contributed by atoms with Gasteiger partial charge < -0.3 is 33.8 Å². The average Bonchev–Trinajstić information content (AvgIpc) is 1.01. The van der Waals surface area contributed by atoms with Crippen molar-refractivity contribution in [3.63, 3.8) is 0 Å². The predicted octanol–water partition coefficient (Wildman–Crippen LogP) is 21.7. The molecule has 5 atom stereocenters. The van der Waals surface area contributed by atoms with Crippen molar-refractivity contribution in [1.82, 2.24) is 0 Å². The van der Waals surface area contributed by atoms with Crippen LogP contribution in [0, 0.1) is 0 Å². The molecule has 0 bridgehead atoms. The largest absolute Gasteiger partial charge is 0.472 e. The number of rotatable bonds is 69. The minimum absolute atomic E-state index is 0.0604. The van der Waals surface area contributed by atoms with E-state index in [1.54, 1.807) is 0 Å². The first-order chi connectivity index (χ1) is 48.7. The zero-order chi connectivity index (χ0) is 73.2. The number of unbranched alkanes of at least 4 members (excludes halogenated alkanes) is 17. The second-order valence-electron chi connectivity index (χ2n) is 24.4. The number of allylic oxidation sites excluding steroid dienone is 26. The van der Waals surface area contributed by atoms with Crippen molar-refractivity contribution in [3.8, 4) is 0 Å². The van der Waals surface area contributed by atoms with E-state index in [-0.39, 0.29) is 25.7 Å². The Bertz CT molecular complexity index is 2520. The van der Waals surface area contributed by atoms with Crippen LogP contribution in [0.4, 0.5) is 0 Å². The molecule has 0 aliphatic rings. The molecule has 3 N–H and O–H groups in total. The summed E-state index contributed by atoms with van der Waals surface area (Å²) < 4.78 is 68.4. The quantitative estimate of drug-likeness (QED) is 0.0169. The summed E-state index contributed by atoms with van der Waals surface area (Å²) >= 11 is 0. The number of aliphatic hydroxyl groups excluding tert-OH is 1.